The highest BCUT2D eigenvalue weighted by Gasteiger charge is 2.31. The van der Waals surface area contributed by atoms with Crippen LogP contribution in [0.1, 0.15) is 29.5 Å². The number of halogens is 1. The first kappa shape index (κ1) is 14.3. The van der Waals surface area contributed by atoms with Gasteiger partial charge in [0.25, 0.3) is 0 Å². The molecule has 2 heteroatoms. The van der Waals surface area contributed by atoms with Crippen molar-refractivity contribution in [1.82, 2.24) is 4.90 Å². The second-order valence-corrected chi connectivity index (χ2v) is 7.27. The average Bonchev–Trinajstić information content (AvgIpc) is 2.50. The van der Waals surface area contributed by atoms with Crippen LogP contribution in [0.3, 0.4) is 0 Å². The molecule has 2 unspecified atom stereocenters. The summed E-state index contributed by atoms with van der Waals surface area (Å²) in [5.74, 6) is 0.810. The number of hydrogen-bond donors (Lipinski definition) is 0. The molecule has 3 aliphatic rings. The molecule has 22 heavy (non-hydrogen) atoms. The molecule has 0 amide bonds. The molecule has 1 aliphatic carbocycles. The van der Waals surface area contributed by atoms with Crippen molar-refractivity contribution in [2.24, 2.45) is 5.92 Å². The molecule has 0 N–H and O–H groups in total. The van der Waals surface area contributed by atoms with E-state index in [1.807, 2.05) is 12.1 Å². The highest BCUT2D eigenvalue weighted by atomic mass is 35.5. The van der Waals surface area contributed by atoms with Crippen LogP contribution in [0.5, 0.6) is 0 Å². The summed E-state index contributed by atoms with van der Waals surface area (Å²) < 4.78 is 0. The Morgan fingerprint density at radius 2 is 1.64 bits per heavy atom. The Kier molecular flexibility index (Phi) is 3.94. The smallest absolute Gasteiger partial charge is 0.0406 e. The first-order valence-electron chi connectivity index (χ1n) is 8.33. The van der Waals surface area contributed by atoms with Gasteiger partial charge < -0.3 is 0 Å². The van der Waals surface area contributed by atoms with Crippen molar-refractivity contribution in [3.05, 3.63) is 70.2 Å². The second kappa shape index (κ2) is 6.06. The normalized spacial score (nSPS) is 24.6. The second-order valence-electron chi connectivity index (χ2n) is 6.83. The van der Waals surface area contributed by atoms with Crippen LogP contribution in [0.15, 0.2) is 48.5 Å². The zero-order valence-electron chi connectivity index (χ0n) is 12.8. The molecular formula is C20H22ClN. The molecular weight excluding hydrogens is 290 g/mol. The summed E-state index contributed by atoms with van der Waals surface area (Å²) in [7, 11) is 0. The topological polar surface area (TPSA) is 3.24 Å². The predicted octanol–water partition coefficient (Wildman–Crippen LogP) is 4.72. The highest BCUT2D eigenvalue weighted by molar-refractivity contribution is 6.30. The molecule has 0 spiro atoms. The van der Waals surface area contributed by atoms with Crippen molar-refractivity contribution >= 4 is 11.6 Å². The van der Waals surface area contributed by atoms with Crippen LogP contribution in [0.4, 0.5) is 0 Å². The van der Waals surface area contributed by atoms with Crippen LogP contribution in [0, 0.1) is 5.92 Å². The number of piperidine rings is 1. The van der Waals surface area contributed by atoms with Gasteiger partial charge in [0.1, 0.15) is 0 Å². The minimum absolute atomic E-state index is 0.688. The van der Waals surface area contributed by atoms with E-state index in [0.717, 1.165) is 17.5 Å². The van der Waals surface area contributed by atoms with Crippen molar-refractivity contribution in [3.8, 4) is 0 Å². The van der Waals surface area contributed by atoms with Gasteiger partial charge in [0, 0.05) is 24.2 Å². The summed E-state index contributed by atoms with van der Waals surface area (Å²) in [6.07, 6.45) is 5.18. The maximum atomic E-state index is 6.01. The van der Waals surface area contributed by atoms with E-state index in [2.05, 4.69) is 41.3 Å². The molecule has 2 aliphatic heterocycles. The third-order valence-electron chi connectivity index (χ3n) is 5.30. The molecule has 0 saturated carbocycles. The maximum absolute atomic E-state index is 6.01. The van der Waals surface area contributed by atoms with Crippen LogP contribution >= 0.6 is 11.6 Å². The molecule has 2 bridgehead atoms. The minimum Gasteiger partial charge on any atom is -0.296 e. The number of hydrogen-bond acceptors (Lipinski definition) is 1. The van der Waals surface area contributed by atoms with Crippen LogP contribution in [0.2, 0.25) is 5.02 Å². The molecule has 1 saturated heterocycles. The lowest BCUT2D eigenvalue weighted by molar-refractivity contribution is 0.0938. The molecule has 0 aromatic heterocycles. The van der Waals surface area contributed by atoms with Crippen molar-refractivity contribution < 1.29 is 0 Å². The standard InChI is InChI=1S/C20H22ClN/c21-19-8-5-15(6-9-19)13-22-14-16-7-10-20(22)12-18-4-2-1-3-17(18)11-16/h1-6,8-9,16,20H,7,10-14H2. The van der Waals surface area contributed by atoms with E-state index in [0.29, 0.717) is 6.04 Å². The molecule has 2 heterocycles. The third kappa shape index (κ3) is 2.93. The Balaban J connectivity index is 1.57. The molecule has 1 nitrogen and oxygen atoms in total. The van der Waals surface area contributed by atoms with Gasteiger partial charge in [-0.05, 0) is 60.4 Å². The van der Waals surface area contributed by atoms with Crippen LogP contribution in [0.25, 0.3) is 0 Å². The Labute approximate surface area is 137 Å². The fourth-order valence-electron chi connectivity index (χ4n) is 4.12. The lowest BCUT2D eigenvalue weighted by Gasteiger charge is -2.42. The fraction of sp³-hybridized carbons (Fsp3) is 0.400. The summed E-state index contributed by atoms with van der Waals surface area (Å²) in [6.45, 7) is 2.29. The van der Waals surface area contributed by atoms with Crippen molar-refractivity contribution in [2.75, 3.05) is 6.54 Å². The molecule has 2 aromatic carbocycles. The van der Waals surface area contributed by atoms with E-state index in [1.165, 1.54) is 37.8 Å². The van der Waals surface area contributed by atoms with E-state index in [1.54, 1.807) is 11.1 Å². The zero-order valence-corrected chi connectivity index (χ0v) is 13.6. The van der Waals surface area contributed by atoms with Crippen LogP contribution in [-0.4, -0.2) is 17.5 Å². The van der Waals surface area contributed by atoms with Crippen LogP contribution in [-0.2, 0) is 19.4 Å². The van der Waals surface area contributed by atoms with E-state index >= 15 is 0 Å². The van der Waals surface area contributed by atoms with Gasteiger partial charge >= 0.3 is 0 Å². The Morgan fingerprint density at radius 1 is 0.909 bits per heavy atom. The summed E-state index contributed by atoms with van der Waals surface area (Å²) in [5, 5.41) is 0.826. The molecule has 1 fully saturated rings. The van der Waals surface area contributed by atoms with Crippen molar-refractivity contribution in [3.63, 3.8) is 0 Å². The van der Waals surface area contributed by atoms with Crippen LogP contribution < -0.4 is 0 Å². The summed E-state index contributed by atoms with van der Waals surface area (Å²) >= 11 is 6.01. The van der Waals surface area contributed by atoms with Crippen molar-refractivity contribution in [1.29, 1.82) is 0 Å². The highest BCUT2D eigenvalue weighted by Crippen LogP contribution is 2.33. The summed E-state index contributed by atoms with van der Waals surface area (Å²) in [6, 6.07) is 18.1. The number of rotatable bonds is 2. The fourth-order valence-corrected chi connectivity index (χ4v) is 4.25. The van der Waals surface area contributed by atoms with Gasteiger partial charge in [0.2, 0.25) is 0 Å². The number of fused-ring (bicyclic) bond motifs is 2. The van der Waals surface area contributed by atoms with E-state index < -0.39 is 0 Å². The Bertz CT molecular complexity index is 649. The zero-order chi connectivity index (χ0) is 14.9. The van der Waals surface area contributed by atoms with Gasteiger partial charge in [-0.1, -0.05) is 48.0 Å². The minimum atomic E-state index is 0.688. The maximum Gasteiger partial charge on any atom is 0.0406 e. The van der Waals surface area contributed by atoms with E-state index in [-0.39, 0.29) is 0 Å². The summed E-state index contributed by atoms with van der Waals surface area (Å²) in [4.78, 5) is 2.70. The lowest BCUT2D eigenvalue weighted by atomic mass is 9.80. The quantitative estimate of drug-likeness (QED) is 0.775. The molecule has 2 atom stereocenters. The van der Waals surface area contributed by atoms with Gasteiger partial charge in [-0.3, -0.25) is 4.90 Å². The van der Waals surface area contributed by atoms with Gasteiger partial charge in [-0.25, -0.2) is 0 Å². The largest absolute Gasteiger partial charge is 0.296 e. The number of benzene rings is 2. The first-order chi connectivity index (χ1) is 10.8. The monoisotopic (exact) mass is 311 g/mol. The van der Waals surface area contributed by atoms with Gasteiger partial charge in [0.15, 0.2) is 0 Å². The van der Waals surface area contributed by atoms with E-state index in [4.69, 9.17) is 11.6 Å². The van der Waals surface area contributed by atoms with Gasteiger partial charge in [-0.2, -0.15) is 0 Å². The molecule has 5 rings (SSSR count). The first-order valence-corrected chi connectivity index (χ1v) is 8.71. The third-order valence-corrected chi connectivity index (χ3v) is 5.55. The van der Waals surface area contributed by atoms with Gasteiger partial charge in [0.05, 0.1) is 0 Å². The Morgan fingerprint density at radius 3 is 2.41 bits per heavy atom. The predicted molar refractivity (Wildman–Crippen MR) is 92.2 cm³/mol. The van der Waals surface area contributed by atoms with Crippen molar-refractivity contribution in [2.45, 2.75) is 38.3 Å². The average molecular weight is 312 g/mol. The molecule has 2 aromatic rings. The molecule has 0 radical (unpaired) electrons. The summed E-state index contributed by atoms with van der Waals surface area (Å²) in [5.41, 5.74) is 4.53. The SMILES string of the molecule is Clc1ccc(CN2CC3CCC2Cc2ccccc2C3)cc1. The Hall–Kier alpha value is -1.31. The molecule has 114 valence electrons. The lowest BCUT2D eigenvalue weighted by Crippen LogP contribution is -2.46. The van der Waals surface area contributed by atoms with Gasteiger partial charge in [-0.15, -0.1) is 0 Å². The van der Waals surface area contributed by atoms with E-state index in [9.17, 15) is 0 Å². The number of nitrogens with zero attached hydrogens (tertiary/aromatic N) is 1.